The quantitative estimate of drug-likeness (QED) is 0.0143. The Morgan fingerprint density at radius 3 is 1.92 bits per heavy atom. The van der Waals surface area contributed by atoms with Gasteiger partial charge in [-0.1, -0.05) is 174 Å². The molecule has 19 heteroatoms. The number of hydrogen-bond acceptors (Lipinski definition) is 11. The number of esters is 1. The molecule has 1 saturated heterocycles. The number of thiazole rings is 1. The fourth-order valence-corrected chi connectivity index (χ4v) is 11.8. The number of ether oxygens (including phenoxy) is 1. The number of aromatic nitrogens is 2. The van der Waals surface area contributed by atoms with Gasteiger partial charge in [0.15, 0.2) is 29.7 Å². The van der Waals surface area contributed by atoms with Crippen molar-refractivity contribution < 1.29 is 45.8 Å². The van der Waals surface area contributed by atoms with Crippen molar-refractivity contribution in [1.29, 1.82) is 0 Å². The first kappa shape index (κ1) is 51.1. The van der Waals surface area contributed by atoms with E-state index >= 15 is 0 Å². The number of oxime groups is 1. The number of pyridine rings is 1. The molecular formula is C55H45BF4N6O5S3. The van der Waals surface area contributed by atoms with Crippen LogP contribution in [0.5, 0.6) is 0 Å². The van der Waals surface area contributed by atoms with Crippen LogP contribution in [0.15, 0.2) is 215 Å². The smallest absolute Gasteiger partial charge is 0.448 e. The average Bonchev–Trinajstić information content (AvgIpc) is 4.12. The van der Waals surface area contributed by atoms with E-state index in [-0.39, 0.29) is 17.1 Å². The third-order valence-electron chi connectivity index (χ3n) is 12.1. The van der Waals surface area contributed by atoms with Gasteiger partial charge in [0.1, 0.15) is 35.5 Å². The lowest BCUT2D eigenvalue weighted by molar-refractivity contribution is -0.658. The van der Waals surface area contributed by atoms with Crippen molar-refractivity contribution in [3.63, 3.8) is 0 Å². The van der Waals surface area contributed by atoms with E-state index in [1.165, 1.54) is 35.1 Å². The standard InChI is InChI=1S/C55H44N6O5S3.BF4/c1-65-59-45(44-36-69-54(56-44)58-55(41-25-11-4-12-26-41,42-27-13-5-14-28-42)43-29-15-6-16-30-43)49(62)57-46-50(63)61-47(53(64)66-48(37-19-7-2-8-20-37)38-21-9-3-10-22-38)40(35-68-52(46)61)24-18-33-60-32-17-23-39-31-34-67-51(39)60;2-1(3,4)5/h2-32,34,36,46,48,52H,33,35H2,1H3,(H-,56,57,58,62);/q;-1/p+1/b24-18+,59-45-;/t46-,52-;/m1./s1. The van der Waals surface area contributed by atoms with Crippen LogP contribution in [0.3, 0.4) is 0 Å². The van der Waals surface area contributed by atoms with Gasteiger partial charge < -0.3 is 37.5 Å². The van der Waals surface area contributed by atoms with E-state index in [4.69, 9.17) is 14.6 Å². The summed E-state index contributed by atoms with van der Waals surface area (Å²) in [6, 6.07) is 54.7. The van der Waals surface area contributed by atoms with Gasteiger partial charge in [0.2, 0.25) is 0 Å². The fraction of sp³-hybridized carbons (Fsp3) is 0.127. The molecule has 5 aromatic carbocycles. The Morgan fingerprint density at radius 1 is 0.811 bits per heavy atom. The average molecular weight is 1050 g/mol. The van der Waals surface area contributed by atoms with E-state index < -0.39 is 48.1 Å². The molecule has 10 rings (SSSR count). The highest BCUT2D eigenvalue weighted by Gasteiger charge is 2.55. The number of carbonyl (C=O) groups is 3. The third kappa shape index (κ3) is 11.3. The second-order valence-electron chi connectivity index (χ2n) is 16.7. The van der Waals surface area contributed by atoms with Crippen LogP contribution >= 0.6 is 34.4 Å². The zero-order chi connectivity index (χ0) is 51.7. The molecule has 0 saturated carbocycles. The lowest BCUT2D eigenvalue weighted by Gasteiger charge is -2.49. The number of rotatable bonds is 16. The molecule has 0 spiro atoms. The lowest BCUT2D eigenvalue weighted by Crippen LogP contribution is -2.71. The summed E-state index contributed by atoms with van der Waals surface area (Å²) in [6.07, 6.45) is 5.17. The number of hydrogen-bond donors (Lipinski definition) is 2. The number of allylic oxidation sites excluding steroid dienone is 2. The number of β-lactam (4-membered cyclic amide) rings is 1. The topological polar surface area (TPSA) is 126 Å². The highest BCUT2D eigenvalue weighted by Crippen LogP contribution is 2.43. The van der Waals surface area contributed by atoms with Crippen LogP contribution in [-0.2, 0) is 36.0 Å². The van der Waals surface area contributed by atoms with Crippen molar-refractivity contribution in [1.82, 2.24) is 15.2 Å². The molecule has 2 amide bonds. The van der Waals surface area contributed by atoms with Crippen molar-refractivity contribution in [2.24, 2.45) is 5.16 Å². The van der Waals surface area contributed by atoms with Crippen LogP contribution in [-0.4, -0.2) is 64.9 Å². The first-order chi connectivity index (χ1) is 35.9. The fourth-order valence-electron chi connectivity index (χ4n) is 8.84. The molecule has 0 unspecified atom stereocenters. The molecular weight excluding hydrogens is 1010 g/mol. The summed E-state index contributed by atoms with van der Waals surface area (Å²) in [5.41, 5.74) is 4.60. The number of thioether (sulfide) groups is 1. The van der Waals surface area contributed by atoms with Gasteiger partial charge in [-0.05, 0) is 57.0 Å². The summed E-state index contributed by atoms with van der Waals surface area (Å²) >= 11 is 4.43. The van der Waals surface area contributed by atoms with E-state index in [1.54, 1.807) is 16.7 Å². The molecule has 3 aromatic heterocycles. The molecule has 0 bridgehead atoms. The number of anilines is 1. The van der Waals surface area contributed by atoms with Gasteiger partial charge in [0, 0.05) is 17.2 Å². The van der Waals surface area contributed by atoms with Gasteiger partial charge in [-0.2, -0.15) is 4.57 Å². The van der Waals surface area contributed by atoms with Crippen LogP contribution in [0.25, 0.3) is 10.2 Å². The van der Waals surface area contributed by atoms with Crippen LogP contribution in [0.2, 0.25) is 0 Å². The zero-order valence-electron chi connectivity index (χ0n) is 39.3. The van der Waals surface area contributed by atoms with Gasteiger partial charge in [0.25, 0.3) is 16.6 Å². The van der Waals surface area contributed by atoms with Gasteiger partial charge in [-0.3, -0.25) is 14.5 Å². The van der Waals surface area contributed by atoms with Crippen LogP contribution in [0.1, 0.15) is 39.6 Å². The minimum absolute atomic E-state index is 0.107. The van der Waals surface area contributed by atoms with Crippen molar-refractivity contribution in [2.75, 3.05) is 18.2 Å². The maximum absolute atomic E-state index is 14.7. The Labute approximate surface area is 436 Å². The number of benzene rings is 5. The molecule has 2 N–H and O–H groups in total. The molecule has 8 aromatic rings. The van der Waals surface area contributed by atoms with Crippen LogP contribution in [0, 0.1) is 0 Å². The second-order valence-corrected chi connectivity index (χ2v) is 19.6. The lowest BCUT2D eigenvalue weighted by atomic mass is 9.77. The van der Waals surface area contributed by atoms with E-state index in [0.717, 1.165) is 38.0 Å². The second kappa shape index (κ2) is 22.9. The van der Waals surface area contributed by atoms with Gasteiger partial charge in [-0.25, -0.2) is 9.78 Å². The maximum atomic E-state index is 14.7. The molecule has 2 aliphatic heterocycles. The zero-order valence-corrected chi connectivity index (χ0v) is 41.8. The van der Waals surface area contributed by atoms with E-state index in [1.807, 2.05) is 140 Å². The Kier molecular flexibility index (Phi) is 15.8. The van der Waals surface area contributed by atoms with Crippen molar-refractivity contribution >= 4 is 80.5 Å². The SMILES string of the molecule is CO/N=C(\C(=O)N[C@@H]1C(=O)N2C(C(=O)OC(c3ccccc3)c3ccccc3)=C(/C=C/C[n+]3cccc4ccsc43)CS[C@H]12)c1csc(NC(c2ccccc2)(c2ccccc2)c2ccccc2)n1.F[B-](F)(F)F. The van der Waals surface area contributed by atoms with E-state index in [9.17, 15) is 31.6 Å². The molecule has 2 aliphatic rings. The molecule has 0 aliphatic carbocycles. The predicted molar refractivity (Wildman–Crippen MR) is 283 cm³/mol. The van der Waals surface area contributed by atoms with Gasteiger partial charge >= 0.3 is 13.2 Å². The maximum Gasteiger partial charge on any atom is 0.673 e. The minimum Gasteiger partial charge on any atom is -0.448 e. The molecule has 374 valence electrons. The monoisotopic (exact) mass is 1050 g/mol. The molecule has 74 heavy (non-hydrogen) atoms. The third-order valence-corrected chi connectivity index (χ3v) is 15.1. The number of carbonyl (C=O) groups excluding carboxylic acids is 3. The van der Waals surface area contributed by atoms with Gasteiger partial charge in [-0.15, -0.1) is 23.1 Å². The predicted octanol–water partition coefficient (Wildman–Crippen LogP) is 10.9. The Hall–Kier alpha value is -7.87. The summed E-state index contributed by atoms with van der Waals surface area (Å²) in [7, 11) is -4.65. The molecule has 5 heterocycles. The summed E-state index contributed by atoms with van der Waals surface area (Å²) < 4.78 is 47.5. The van der Waals surface area contributed by atoms with Crippen molar-refractivity contribution in [2.45, 2.75) is 29.6 Å². The molecule has 1 fully saturated rings. The van der Waals surface area contributed by atoms with Crippen LogP contribution < -0.4 is 15.2 Å². The summed E-state index contributed by atoms with van der Waals surface area (Å²) in [5.74, 6) is -1.38. The van der Waals surface area contributed by atoms with E-state index in [2.05, 4.69) is 74.3 Å². The van der Waals surface area contributed by atoms with Crippen LogP contribution in [0.4, 0.5) is 22.4 Å². The highest BCUT2D eigenvalue weighted by atomic mass is 32.2. The summed E-state index contributed by atoms with van der Waals surface area (Å²) in [6.45, 7) is 0.544. The number of nitrogens with zero attached hydrogens (tertiary/aromatic N) is 4. The van der Waals surface area contributed by atoms with Crippen molar-refractivity contribution in [3.05, 3.63) is 244 Å². The molecule has 11 nitrogen and oxygen atoms in total. The van der Waals surface area contributed by atoms with Crippen molar-refractivity contribution in [3.8, 4) is 0 Å². The number of thiophene rings is 1. The minimum atomic E-state index is -6.00. The number of halogens is 4. The Balaban J connectivity index is 0.00000128. The largest absolute Gasteiger partial charge is 0.673 e. The number of amides is 2. The normalized spacial score (nSPS) is 15.8. The first-order valence-electron chi connectivity index (χ1n) is 23.1. The Morgan fingerprint density at radius 2 is 1.36 bits per heavy atom. The number of nitrogens with one attached hydrogen (secondary N) is 2. The van der Waals surface area contributed by atoms with E-state index in [0.29, 0.717) is 23.0 Å². The molecule has 0 radical (unpaired) electrons. The first-order valence-corrected chi connectivity index (χ1v) is 25.9. The summed E-state index contributed by atoms with van der Waals surface area (Å²) in [4.78, 5) is 56.2. The highest BCUT2D eigenvalue weighted by molar-refractivity contribution is 8.00. The molecule has 2 atom stereocenters. The van der Waals surface area contributed by atoms with Gasteiger partial charge in [0.05, 0.1) is 5.39 Å². The Bertz CT molecular complexity index is 3190. The summed E-state index contributed by atoms with van der Waals surface area (Å²) in [5, 5.41) is 15.7. The number of fused-ring (bicyclic) bond motifs is 2.